The van der Waals surface area contributed by atoms with E-state index < -0.39 is 0 Å². The zero-order valence-corrected chi connectivity index (χ0v) is 19.2. The van der Waals surface area contributed by atoms with Crippen LogP contribution in [0.15, 0.2) is 41.6 Å². The van der Waals surface area contributed by atoms with Crippen molar-refractivity contribution in [2.75, 3.05) is 34.5 Å². The number of aryl methyl sites for hydroxylation is 1. The molecule has 0 aliphatic carbocycles. The fourth-order valence-corrected chi connectivity index (χ4v) is 4.09. The van der Waals surface area contributed by atoms with Gasteiger partial charge in [0.1, 0.15) is 18.5 Å². The third-order valence-corrected chi connectivity index (χ3v) is 5.56. The van der Waals surface area contributed by atoms with Gasteiger partial charge in [0.2, 0.25) is 0 Å². The largest absolute Gasteiger partial charge is 0.495 e. The Hall–Kier alpha value is -2.54. The van der Waals surface area contributed by atoms with E-state index in [1.165, 1.54) is 5.56 Å². The highest BCUT2D eigenvalue weighted by Crippen LogP contribution is 2.40. The van der Waals surface area contributed by atoms with E-state index >= 15 is 0 Å². The number of aromatic amines is 1. The van der Waals surface area contributed by atoms with Crippen molar-refractivity contribution in [2.45, 2.75) is 25.9 Å². The van der Waals surface area contributed by atoms with E-state index in [0.717, 1.165) is 34.1 Å². The molecule has 0 spiro atoms. The molecule has 6 nitrogen and oxygen atoms in total. The lowest BCUT2D eigenvalue weighted by molar-refractivity contribution is 0.0665. The Morgan fingerprint density at radius 3 is 2.61 bits per heavy atom. The molecule has 1 unspecified atom stereocenters. The smallest absolute Gasteiger partial charge is 0.141 e. The summed E-state index contributed by atoms with van der Waals surface area (Å²) in [6.45, 7) is 2.88. The van der Waals surface area contributed by atoms with Gasteiger partial charge >= 0.3 is 0 Å². The highest BCUT2D eigenvalue weighted by molar-refractivity contribution is 6.37. The first kappa shape index (κ1) is 23.1. The molecule has 2 aromatic carbocycles. The number of hydrogen-bond acceptors (Lipinski definition) is 5. The lowest BCUT2D eigenvalue weighted by atomic mass is 10.0. The van der Waals surface area contributed by atoms with E-state index in [0.29, 0.717) is 30.4 Å². The molecular formula is C24H29ClN2O4. The van der Waals surface area contributed by atoms with Gasteiger partial charge in [-0.3, -0.25) is 0 Å². The molecule has 1 atom stereocenters. The number of nitrogens with zero attached hydrogens (tertiary/aromatic N) is 1. The number of nitrogens with one attached hydrogen (secondary N) is 1. The van der Waals surface area contributed by atoms with Crippen molar-refractivity contribution in [3.05, 3.63) is 63.8 Å². The molecule has 0 bridgehead atoms. The van der Waals surface area contributed by atoms with Gasteiger partial charge in [-0.05, 0) is 24.1 Å². The van der Waals surface area contributed by atoms with Gasteiger partial charge in [-0.1, -0.05) is 47.1 Å². The van der Waals surface area contributed by atoms with Crippen molar-refractivity contribution in [1.29, 1.82) is 0 Å². The van der Waals surface area contributed by atoms with Crippen LogP contribution in [0.25, 0.3) is 10.9 Å². The van der Waals surface area contributed by atoms with Crippen LogP contribution >= 0.6 is 11.6 Å². The summed E-state index contributed by atoms with van der Waals surface area (Å²) in [5.41, 5.74) is 5.39. The molecule has 31 heavy (non-hydrogen) atoms. The maximum Gasteiger partial charge on any atom is 0.141 e. The number of methoxy groups -OCH3 is 3. The van der Waals surface area contributed by atoms with E-state index in [4.69, 9.17) is 30.6 Å². The molecule has 0 aliphatic rings. The zero-order chi connectivity index (χ0) is 22.2. The molecule has 7 heteroatoms. The fraction of sp³-hybridized carbons (Fsp3) is 0.375. The maximum absolute atomic E-state index is 6.82. The summed E-state index contributed by atoms with van der Waals surface area (Å²) in [6, 6.07) is 12.4. The highest BCUT2D eigenvalue weighted by atomic mass is 35.5. The Labute approximate surface area is 188 Å². The van der Waals surface area contributed by atoms with Crippen LogP contribution < -0.4 is 4.74 Å². The quantitative estimate of drug-likeness (QED) is 0.258. The van der Waals surface area contributed by atoms with Crippen LogP contribution in [0.4, 0.5) is 0 Å². The SMILES string of the molecule is COCC(C=NOCCc1c(C)[nH]c2cc(Cc3ccccc3)c(OC)c(Cl)c12)OC. The minimum absolute atomic E-state index is 0.235. The van der Waals surface area contributed by atoms with Gasteiger partial charge in [0.15, 0.2) is 0 Å². The van der Waals surface area contributed by atoms with Gasteiger partial charge in [0.25, 0.3) is 0 Å². The minimum Gasteiger partial charge on any atom is -0.495 e. The van der Waals surface area contributed by atoms with Crippen LogP contribution in [-0.2, 0) is 27.2 Å². The highest BCUT2D eigenvalue weighted by Gasteiger charge is 2.19. The van der Waals surface area contributed by atoms with Crippen LogP contribution in [0.5, 0.6) is 5.75 Å². The van der Waals surface area contributed by atoms with Crippen LogP contribution in [0.3, 0.4) is 0 Å². The van der Waals surface area contributed by atoms with Crippen molar-refractivity contribution < 1.29 is 19.0 Å². The molecule has 0 saturated heterocycles. The van der Waals surface area contributed by atoms with Gasteiger partial charge < -0.3 is 24.0 Å². The second-order valence-corrected chi connectivity index (χ2v) is 7.64. The first-order valence-corrected chi connectivity index (χ1v) is 10.5. The summed E-state index contributed by atoms with van der Waals surface area (Å²) in [4.78, 5) is 8.89. The molecule has 1 N–H and O–H groups in total. The van der Waals surface area contributed by atoms with Gasteiger partial charge in [0.05, 0.1) is 25.0 Å². The molecular weight excluding hydrogens is 416 g/mol. The third-order valence-electron chi connectivity index (χ3n) is 5.20. The Balaban J connectivity index is 1.80. The monoisotopic (exact) mass is 444 g/mol. The van der Waals surface area contributed by atoms with Crippen molar-refractivity contribution in [3.63, 3.8) is 0 Å². The molecule has 0 saturated carbocycles. The van der Waals surface area contributed by atoms with Gasteiger partial charge in [-0.2, -0.15) is 0 Å². The molecule has 0 amide bonds. The lowest BCUT2D eigenvalue weighted by Gasteiger charge is -2.13. The molecule has 0 radical (unpaired) electrons. The van der Waals surface area contributed by atoms with Crippen molar-refractivity contribution in [1.82, 2.24) is 4.98 Å². The normalized spacial score (nSPS) is 12.5. The van der Waals surface area contributed by atoms with Gasteiger partial charge in [-0.25, -0.2) is 0 Å². The number of oxime groups is 1. The predicted octanol–water partition coefficient (Wildman–Crippen LogP) is 4.94. The number of H-pyrrole nitrogens is 1. The van der Waals surface area contributed by atoms with E-state index in [-0.39, 0.29) is 6.10 Å². The molecule has 166 valence electrons. The third kappa shape index (κ3) is 5.58. The summed E-state index contributed by atoms with van der Waals surface area (Å²) < 4.78 is 16.0. The summed E-state index contributed by atoms with van der Waals surface area (Å²) in [5, 5.41) is 5.58. The number of fused-ring (bicyclic) bond motifs is 1. The number of halogens is 1. The van der Waals surface area contributed by atoms with Crippen LogP contribution in [-0.4, -0.2) is 51.8 Å². The molecule has 3 aromatic rings. The van der Waals surface area contributed by atoms with Crippen molar-refractivity contribution in [3.8, 4) is 5.75 Å². The van der Waals surface area contributed by atoms with Gasteiger partial charge in [0, 0.05) is 49.2 Å². The first-order chi connectivity index (χ1) is 15.1. The Morgan fingerprint density at radius 1 is 1.16 bits per heavy atom. The Bertz CT molecular complexity index is 1020. The van der Waals surface area contributed by atoms with Gasteiger partial charge in [-0.15, -0.1) is 0 Å². The fourth-order valence-electron chi connectivity index (χ4n) is 3.67. The molecule has 3 rings (SSSR count). The Kier molecular flexibility index (Phi) is 8.35. The summed E-state index contributed by atoms with van der Waals surface area (Å²) in [5.74, 6) is 0.708. The summed E-state index contributed by atoms with van der Waals surface area (Å²) in [7, 11) is 4.88. The number of rotatable bonds is 11. The summed E-state index contributed by atoms with van der Waals surface area (Å²) >= 11 is 6.82. The Morgan fingerprint density at radius 2 is 1.94 bits per heavy atom. The number of aromatic nitrogens is 1. The standard InChI is InChI=1S/C24H29ClN2O4/c1-16-20(10-11-31-26-14-19(29-3)15-28-2)22-21(27-16)13-18(24(30-4)23(22)25)12-17-8-6-5-7-9-17/h5-9,13-14,19,27H,10-12,15H2,1-4H3. The second-order valence-electron chi connectivity index (χ2n) is 7.26. The van der Waals surface area contributed by atoms with Crippen molar-refractivity contribution >= 4 is 28.7 Å². The number of ether oxygens (including phenoxy) is 3. The molecule has 1 heterocycles. The predicted molar refractivity (Wildman–Crippen MR) is 125 cm³/mol. The molecule has 1 aromatic heterocycles. The molecule has 0 aliphatic heterocycles. The van der Waals surface area contributed by atoms with Crippen LogP contribution in [0.1, 0.15) is 22.4 Å². The maximum atomic E-state index is 6.82. The average molecular weight is 445 g/mol. The zero-order valence-electron chi connectivity index (χ0n) is 18.4. The van der Waals surface area contributed by atoms with Crippen LogP contribution in [0.2, 0.25) is 5.02 Å². The lowest BCUT2D eigenvalue weighted by Crippen LogP contribution is -2.18. The second kappa shape index (κ2) is 11.2. The van der Waals surface area contributed by atoms with Crippen LogP contribution in [0, 0.1) is 6.92 Å². The van der Waals surface area contributed by atoms with E-state index in [1.54, 1.807) is 27.5 Å². The van der Waals surface area contributed by atoms with E-state index in [1.807, 2.05) is 25.1 Å². The topological polar surface area (TPSA) is 65.1 Å². The van der Waals surface area contributed by atoms with E-state index in [9.17, 15) is 0 Å². The van der Waals surface area contributed by atoms with E-state index in [2.05, 4.69) is 28.3 Å². The minimum atomic E-state index is -0.235. The summed E-state index contributed by atoms with van der Waals surface area (Å²) in [6.07, 6.45) is 2.76. The number of benzene rings is 2. The van der Waals surface area contributed by atoms with Crippen molar-refractivity contribution in [2.24, 2.45) is 5.16 Å². The average Bonchev–Trinajstić information content (AvgIpc) is 3.08. The first-order valence-electron chi connectivity index (χ1n) is 10.2. The molecule has 0 fully saturated rings. The number of hydrogen-bond donors (Lipinski definition) is 1.